The Morgan fingerprint density at radius 3 is 2.10 bits per heavy atom. The van der Waals surface area contributed by atoms with E-state index >= 15 is 0 Å². The van der Waals surface area contributed by atoms with Crippen LogP contribution in [0.4, 0.5) is 22.0 Å². The molecule has 1 N–H and O–H groups in total. The Bertz CT molecular complexity index is 372. The van der Waals surface area contributed by atoms with Crippen molar-refractivity contribution in [1.82, 2.24) is 0 Å². The Morgan fingerprint density at radius 1 is 1.14 bits per heavy atom. The molecule has 1 unspecified atom stereocenters. The van der Waals surface area contributed by atoms with Crippen molar-refractivity contribution in [2.45, 2.75) is 63.0 Å². The van der Waals surface area contributed by atoms with Crippen LogP contribution < -0.4 is 0 Å². The first-order valence-corrected chi connectivity index (χ1v) is 9.63. The molecule has 124 valence electrons. The lowest BCUT2D eigenvalue weighted by Crippen LogP contribution is -2.38. The fourth-order valence-corrected chi connectivity index (χ4v) is 3.38. The lowest BCUT2D eigenvalue weighted by Gasteiger charge is -2.26. The van der Waals surface area contributed by atoms with Crippen molar-refractivity contribution in [1.29, 1.82) is 0 Å². The van der Waals surface area contributed by atoms with E-state index in [2.05, 4.69) is 5.92 Å². The van der Waals surface area contributed by atoms with Gasteiger partial charge in [-0.2, -0.15) is 22.0 Å². The van der Waals surface area contributed by atoms with Crippen molar-refractivity contribution in [2.24, 2.45) is 0 Å². The molecule has 0 saturated heterocycles. The topological polar surface area (TPSA) is 29.5 Å². The molecule has 0 heterocycles. The molecule has 0 fully saturated rings. The Balaban J connectivity index is 4.18. The molecule has 21 heavy (non-hydrogen) atoms. The van der Waals surface area contributed by atoms with Gasteiger partial charge in [-0.05, 0) is 32.5 Å². The highest BCUT2D eigenvalue weighted by atomic mass is 28.4. The zero-order chi connectivity index (χ0) is 16.9. The maximum absolute atomic E-state index is 12.8. The van der Waals surface area contributed by atoms with Gasteiger partial charge in [0.25, 0.3) is 0 Å². The molecular formula is C13H21F5O2Si. The van der Waals surface area contributed by atoms with E-state index in [-0.39, 0.29) is 25.5 Å². The summed E-state index contributed by atoms with van der Waals surface area (Å²) in [6, 6.07) is 0.177. The quantitative estimate of drug-likeness (QED) is 0.414. The van der Waals surface area contributed by atoms with Crippen molar-refractivity contribution in [2.75, 3.05) is 6.61 Å². The number of hydrogen-bond acceptors (Lipinski definition) is 2. The van der Waals surface area contributed by atoms with Crippen LogP contribution in [0.2, 0.25) is 19.1 Å². The van der Waals surface area contributed by atoms with E-state index < -0.39 is 32.4 Å². The van der Waals surface area contributed by atoms with Gasteiger partial charge in [0.05, 0.1) is 0 Å². The normalized spacial score (nSPS) is 16.4. The molecule has 0 rings (SSSR count). The van der Waals surface area contributed by atoms with E-state index in [1.54, 1.807) is 13.1 Å². The molecule has 0 aliphatic rings. The second-order valence-electron chi connectivity index (χ2n) is 5.83. The molecule has 0 saturated carbocycles. The third kappa shape index (κ3) is 7.78. The summed E-state index contributed by atoms with van der Waals surface area (Å²) in [5.74, 6) is -2.49. The predicted molar refractivity (Wildman–Crippen MR) is 72.6 cm³/mol. The van der Waals surface area contributed by atoms with Crippen molar-refractivity contribution >= 4 is 8.32 Å². The lowest BCUT2D eigenvalue weighted by atomic mass is 10.1. The average Bonchev–Trinajstić information content (AvgIpc) is 2.26. The lowest BCUT2D eigenvalue weighted by molar-refractivity contribution is -0.284. The van der Waals surface area contributed by atoms with E-state index in [9.17, 15) is 27.1 Å². The van der Waals surface area contributed by atoms with Crippen LogP contribution in [0.15, 0.2) is 0 Å². The largest absolute Gasteiger partial charge is 0.453 e. The molecule has 0 radical (unpaired) electrons. The van der Waals surface area contributed by atoms with Crippen LogP contribution in [-0.4, -0.2) is 37.7 Å². The van der Waals surface area contributed by atoms with Crippen LogP contribution in [0, 0.1) is 12.3 Å². The molecule has 0 aliphatic carbocycles. The summed E-state index contributed by atoms with van der Waals surface area (Å²) in [6.45, 7) is 5.04. The molecule has 2 nitrogen and oxygen atoms in total. The molecule has 1 atom stereocenters. The van der Waals surface area contributed by atoms with E-state index in [4.69, 9.17) is 10.8 Å². The smallest absolute Gasteiger partial charge is 0.417 e. The zero-order valence-electron chi connectivity index (χ0n) is 12.4. The van der Waals surface area contributed by atoms with Gasteiger partial charge in [-0.25, -0.2) is 0 Å². The number of aliphatic hydroxyl groups is 1. The third-order valence-corrected chi connectivity index (χ3v) is 5.62. The second-order valence-corrected chi connectivity index (χ2v) is 10.1. The average molecular weight is 332 g/mol. The van der Waals surface area contributed by atoms with Crippen LogP contribution in [0.25, 0.3) is 0 Å². The van der Waals surface area contributed by atoms with E-state index in [0.29, 0.717) is 0 Å². The Labute approximate surface area is 122 Å². The fourth-order valence-electron chi connectivity index (χ4n) is 1.55. The van der Waals surface area contributed by atoms with Crippen molar-refractivity contribution in [3.05, 3.63) is 0 Å². The van der Waals surface area contributed by atoms with E-state index in [0.717, 1.165) is 0 Å². The van der Waals surface area contributed by atoms with Gasteiger partial charge in [0, 0.05) is 19.4 Å². The van der Waals surface area contributed by atoms with Crippen molar-refractivity contribution < 1.29 is 31.5 Å². The van der Waals surface area contributed by atoms with Gasteiger partial charge in [-0.3, -0.25) is 0 Å². The molecule has 0 amide bonds. The Morgan fingerprint density at radius 2 is 1.67 bits per heavy atom. The highest BCUT2D eigenvalue weighted by molar-refractivity contribution is 6.71. The molecule has 8 heteroatoms. The zero-order valence-corrected chi connectivity index (χ0v) is 13.4. The van der Waals surface area contributed by atoms with Crippen LogP contribution in [0.3, 0.4) is 0 Å². The highest BCUT2D eigenvalue weighted by Crippen LogP contribution is 2.39. The Hall–Kier alpha value is -0.653. The minimum Gasteiger partial charge on any atom is -0.417 e. The molecule has 0 aliphatic heterocycles. The third-order valence-electron chi connectivity index (χ3n) is 3.08. The van der Waals surface area contributed by atoms with E-state index in [1.807, 2.05) is 0 Å². The first kappa shape index (κ1) is 20.3. The monoisotopic (exact) mass is 332 g/mol. The number of halogens is 5. The van der Waals surface area contributed by atoms with Gasteiger partial charge in [0.2, 0.25) is 0 Å². The number of terminal acetylenes is 1. The van der Waals surface area contributed by atoms with Gasteiger partial charge < -0.3 is 9.53 Å². The summed E-state index contributed by atoms with van der Waals surface area (Å²) in [4.78, 5) is 0. The summed E-state index contributed by atoms with van der Waals surface area (Å²) < 4.78 is 67.1. The summed E-state index contributed by atoms with van der Waals surface area (Å²) in [6.07, 6.45) is -1.74. The minimum atomic E-state index is -5.51. The fraction of sp³-hybridized carbons (Fsp3) is 0.846. The summed E-state index contributed by atoms with van der Waals surface area (Å²) >= 11 is 0. The molecular weight excluding hydrogens is 311 g/mol. The molecule has 0 aromatic heterocycles. The maximum Gasteiger partial charge on any atom is 0.453 e. The van der Waals surface area contributed by atoms with Crippen LogP contribution in [-0.2, 0) is 4.43 Å². The van der Waals surface area contributed by atoms with Gasteiger partial charge in [0.1, 0.15) is 5.60 Å². The maximum atomic E-state index is 12.8. The molecule has 0 bridgehead atoms. The van der Waals surface area contributed by atoms with Crippen LogP contribution in [0.5, 0.6) is 0 Å². The van der Waals surface area contributed by atoms with Crippen LogP contribution >= 0.6 is 0 Å². The van der Waals surface area contributed by atoms with Gasteiger partial charge in [0.15, 0.2) is 8.32 Å². The molecule has 0 aromatic rings. The first-order valence-electron chi connectivity index (χ1n) is 6.51. The van der Waals surface area contributed by atoms with Crippen molar-refractivity contribution in [3.63, 3.8) is 0 Å². The SMILES string of the molecule is C#CC(C)(O)CCO[Si](C)(C)CCCC(F)(F)C(F)(F)F. The molecule has 0 aromatic carbocycles. The summed E-state index contributed by atoms with van der Waals surface area (Å²) in [7, 11) is -2.36. The number of hydrogen-bond donors (Lipinski definition) is 1. The van der Waals surface area contributed by atoms with E-state index in [1.165, 1.54) is 6.92 Å². The van der Waals surface area contributed by atoms with Gasteiger partial charge >= 0.3 is 12.1 Å². The van der Waals surface area contributed by atoms with Crippen LogP contribution in [0.1, 0.15) is 26.2 Å². The number of alkyl halides is 5. The van der Waals surface area contributed by atoms with Gasteiger partial charge in [-0.1, -0.05) is 5.92 Å². The summed E-state index contributed by atoms with van der Waals surface area (Å²) in [5, 5.41) is 9.57. The van der Waals surface area contributed by atoms with Crippen molar-refractivity contribution in [3.8, 4) is 12.3 Å². The standard InChI is InChI=1S/C13H21F5O2Si/c1-5-11(2,19)8-9-20-21(3,4)10-6-7-12(14,15)13(16,17)18/h1,19H,6-10H2,2-4H3. The minimum absolute atomic E-state index is 0.145. The second kappa shape index (κ2) is 7.07. The summed E-state index contributed by atoms with van der Waals surface area (Å²) in [5.41, 5.74) is -1.31. The number of rotatable bonds is 8. The Kier molecular flexibility index (Phi) is 6.85. The van der Waals surface area contributed by atoms with Gasteiger partial charge in [-0.15, -0.1) is 6.42 Å². The highest BCUT2D eigenvalue weighted by Gasteiger charge is 2.56. The molecule has 0 spiro atoms. The first-order chi connectivity index (χ1) is 9.22. The predicted octanol–water partition coefficient (Wildman–Crippen LogP) is 3.96.